The number of benzene rings is 1. The van der Waals surface area contributed by atoms with Crippen molar-refractivity contribution in [3.05, 3.63) is 40.2 Å². The Hall–Kier alpha value is -3.49. The van der Waals surface area contributed by atoms with Crippen molar-refractivity contribution in [2.75, 3.05) is 5.32 Å². The van der Waals surface area contributed by atoms with Crippen LogP contribution in [0.2, 0.25) is 0 Å². The molecular formula is C20H19N3O6. The average molecular weight is 397 g/mol. The lowest BCUT2D eigenvalue weighted by atomic mass is 10.1. The largest absolute Gasteiger partial charge is 0.423 e. The van der Waals surface area contributed by atoms with E-state index in [1.807, 2.05) is 0 Å². The van der Waals surface area contributed by atoms with E-state index in [0.29, 0.717) is 17.7 Å². The first-order chi connectivity index (χ1) is 13.8. The molecule has 4 amide bonds. The van der Waals surface area contributed by atoms with Gasteiger partial charge in [-0.15, -0.1) is 0 Å². The maximum absolute atomic E-state index is 12.8. The smallest absolute Gasteiger partial charge is 0.336 e. The summed E-state index contributed by atoms with van der Waals surface area (Å²) in [5.41, 5.74) is 0.982. The summed E-state index contributed by atoms with van der Waals surface area (Å²) >= 11 is 0. The van der Waals surface area contributed by atoms with Crippen LogP contribution in [0, 0.1) is 6.92 Å². The number of fused-ring (bicyclic) bond motifs is 1. The van der Waals surface area contributed by atoms with Crippen molar-refractivity contribution in [2.24, 2.45) is 0 Å². The first-order valence-corrected chi connectivity index (χ1v) is 9.34. The minimum atomic E-state index is -0.951. The van der Waals surface area contributed by atoms with Crippen LogP contribution >= 0.6 is 0 Å². The molecule has 0 saturated carbocycles. The van der Waals surface area contributed by atoms with E-state index < -0.39 is 35.4 Å². The van der Waals surface area contributed by atoms with Crippen molar-refractivity contribution in [3.8, 4) is 0 Å². The molecule has 0 aliphatic carbocycles. The second-order valence-corrected chi connectivity index (χ2v) is 7.26. The van der Waals surface area contributed by atoms with Crippen molar-refractivity contribution in [1.29, 1.82) is 0 Å². The van der Waals surface area contributed by atoms with Gasteiger partial charge >= 0.3 is 5.63 Å². The van der Waals surface area contributed by atoms with Crippen LogP contribution in [-0.4, -0.2) is 40.6 Å². The fourth-order valence-corrected chi connectivity index (χ4v) is 3.80. The summed E-state index contributed by atoms with van der Waals surface area (Å²) in [5, 5.41) is 5.96. The van der Waals surface area contributed by atoms with Gasteiger partial charge in [-0.1, -0.05) is 0 Å². The van der Waals surface area contributed by atoms with E-state index in [0.717, 1.165) is 15.8 Å². The normalized spacial score (nSPS) is 21.5. The van der Waals surface area contributed by atoms with E-state index in [1.54, 1.807) is 19.1 Å². The summed E-state index contributed by atoms with van der Waals surface area (Å²) in [6, 6.07) is 4.57. The van der Waals surface area contributed by atoms with Crippen molar-refractivity contribution in [1.82, 2.24) is 10.2 Å². The van der Waals surface area contributed by atoms with Crippen molar-refractivity contribution < 1.29 is 23.6 Å². The number of carbonyl (C=O) groups excluding carboxylic acids is 4. The number of likely N-dealkylation sites (tertiary alicyclic amines) is 1. The highest BCUT2D eigenvalue weighted by Gasteiger charge is 2.44. The summed E-state index contributed by atoms with van der Waals surface area (Å²) < 4.78 is 5.18. The molecule has 9 heteroatoms. The Labute approximate surface area is 165 Å². The maximum atomic E-state index is 12.8. The van der Waals surface area contributed by atoms with Crippen LogP contribution in [0.4, 0.5) is 5.69 Å². The Balaban J connectivity index is 1.55. The zero-order chi connectivity index (χ0) is 20.7. The number of anilines is 1. The van der Waals surface area contributed by atoms with E-state index in [-0.39, 0.29) is 25.2 Å². The van der Waals surface area contributed by atoms with Crippen LogP contribution in [0.5, 0.6) is 0 Å². The highest BCUT2D eigenvalue weighted by molar-refractivity contribution is 6.08. The van der Waals surface area contributed by atoms with Crippen molar-refractivity contribution in [2.45, 2.75) is 44.7 Å². The van der Waals surface area contributed by atoms with E-state index in [1.165, 1.54) is 12.1 Å². The molecule has 150 valence electrons. The number of hydrogen-bond acceptors (Lipinski definition) is 6. The van der Waals surface area contributed by atoms with Crippen LogP contribution in [0.1, 0.15) is 31.2 Å². The molecule has 3 heterocycles. The summed E-state index contributed by atoms with van der Waals surface area (Å²) in [6.45, 7) is 1.78. The first kappa shape index (κ1) is 18.9. The monoisotopic (exact) mass is 397 g/mol. The highest BCUT2D eigenvalue weighted by atomic mass is 16.4. The van der Waals surface area contributed by atoms with Gasteiger partial charge in [0.25, 0.3) is 5.91 Å². The quantitative estimate of drug-likeness (QED) is 0.584. The number of nitrogens with zero attached hydrogens (tertiary/aromatic N) is 1. The predicted molar refractivity (Wildman–Crippen MR) is 102 cm³/mol. The van der Waals surface area contributed by atoms with Gasteiger partial charge in [0.1, 0.15) is 17.7 Å². The second kappa shape index (κ2) is 7.16. The fourth-order valence-electron chi connectivity index (χ4n) is 3.80. The minimum Gasteiger partial charge on any atom is -0.423 e. The van der Waals surface area contributed by atoms with Gasteiger partial charge in [-0.05, 0) is 37.5 Å². The molecular weight excluding hydrogens is 378 g/mol. The molecule has 2 aromatic rings. The number of aryl methyl sites for hydroxylation is 1. The molecule has 2 aliphatic rings. The third kappa shape index (κ3) is 3.51. The average Bonchev–Trinajstić information content (AvgIpc) is 3.26. The van der Waals surface area contributed by atoms with Crippen LogP contribution < -0.4 is 16.3 Å². The van der Waals surface area contributed by atoms with E-state index >= 15 is 0 Å². The van der Waals surface area contributed by atoms with Gasteiger partial charge in [-0.25, -0.2) is 4.79 Å². The van der Waals surface area contributed by atoms with E-state index in [9.17, 15) is 24.0 Å². The molecule has 1 aromatic heterocycles. The lowest BCUT2D eigenvalue weighted by molar-refractivity contribution is -0.148. The van der Waals surface area contributed by atoms with E-state index in [4.69, 9.17) is 4.42 Å². The molecule has 4 rings (SSSR count). The number of carbonyl (C=O) groups is 4. The molecule has 2 fully saturated rings. The van der Waals surface area contributed by atoms with Gasteiger partial charge in [0, 0.05) is 36.0 Å². The standard InChI is InChI=1S/C20H19N3O6/c1-10-8-18(26)29-15-9-11(2-3-12(10)15)21-19(27)14-5-7-17(25)23(14)20(28)13-4-6-16(24)22-13/h2-3,8-9,13-14H,4-7H2,1H3,(H,21,27)(H,22,24)/t13-,14+/m0/s1. The number of hydrogen-bond donors (Lipinski definition) is 2. The van der Waals surface area contributed by atoms with Crippen LogP contribution in [0.15, 0.2) is 33.5 Å². The van der Waals surface area contributed by atoms with Crippen LogP contribution in [-0.2, 0) is 19.2 Å². The highest BCUT2D eigenvalue weighted by Crippen LogP contribution is 2.25. The summed E-state index contributed by atoms with van der Waals surface area (Å²) in [7, 11) is 0. The van der Waals surface area contributed by atoms with Gasteiger partial charge in [0.2, 0.25) is 17.7 Å². The zero-order valence-electron chi connectivity index (χ0n) is 15.7. The van der Waals surface area contributed by atoms with Gasteiger partial charge in [0.15, 0.2) is 0 Å². The van der Waals surface area contributed by atoms with E-state index in [2.05, 4.69) is 10.6 Å². The fraction of sp³-hybridized carbons (Fsp3) is 0.350. The van der Waals surface area contributed by atoms with Gasteiger partial charge in [0.05, 0.1) is 0 Å². The zero-order valence-corrected chi connectivity index (χ0v) is 15.7. The molecule has 0 spiro atoms. The third-order valence-corrected chi connectivity index (χ3v) is 5.26. The van der Waals surface area contributed by atoms with Crippen LogP contribution in [0.3, 0.4) is 0 Å². The predicted octanol–water partition coefficient (Wildman–Crippen LogP) is 0.836. The molecule has 0 unspecified atom stereocenters. The lowest BCUT2D eigenvalue weighted by Gasteiger charge is -2.25. The second-order valence-electron chi connectivity index (χ2n) is 7.26. The molecule has 2 aliphatic heterocycles. The Morgan fingerprint density at radius 1 is 1.14 bits per heavy atom. The maximum Gasteiger partial charge on any atom is 0.336 e. The Bertz CT molecular complexity index is 1110. The number of amides is 4. The van der Waals surface area contributed by atoms with Gasteiger partial charge < -0.3 is 15.1 Å². The number of rotatable bonds is 3. The SMILES string of the molecule is Cc1cc(=O)oc2cc(NC(=O)[C@H]3CCC(=O)N3C(=O)[C@@H]3CCC(=O)N3)ccc12. The minimum absolute atomic E-state index is 0.0796. The molecule has 2 N–H and O–H groups in total. The number of imide groups is 1. The Kier molecular flexibility index (Phi) is 4.65. The molecule has 0 bridgehead atoms. The lowest BCUT2D eigenvalue weighted by Crippen LogP contribution is -2.51. The third-order valence-electron chi connectivity index (χ3n) is 5.26. The number of nitrogens with one attached hydrogen (secondary N) is 2. The summed E-state index contributed by atoms with van der Waals surface area (Å²) in [5.74, 6) is -1.75. The molecule has 0 radical (unpaired) electrons. The van der Waals surface area contributed by atoms with Gasteiger partial charge in [-0.3, -0.25) is 24.1 Å². The Morgan fingerprint density at radius 2 is 1.93 bits per heavy atom. The topological polar surface area (TPSA) is 126 Å². The van der Waals surface area contributed by atoms with Crippen molar-refractivity contribution in [3.63, 3.8) is 0 Å². The summed E-state index contributed by atoms with van der Waals surface area (Å²) in [6.07, 6.45) is 0.810. The van der Waals surface area contributed by atoms with Gasteiger partial charge in [-0.2, -0.15) is 0 Å². The molecule has 9 nitrogen and oxygen atoms in total. The van der Waals surface area contributed by atoms with Crippen molar-refractivity contribution >= 4 is 40.3 Å². The molecule has 2 atom stereocenters. The summed E-state index contributed by atoms with van der Waals surface area (Å²) in [4.78, 5) is 61.6. The molecule has 2 saturated heterocycles. The Morgan fingerprint density at radius 3 is 2.66 bits per heavy atom. The molecule has 29 heavy (non-hydrogen) atoms. The molecule has 1 aromatic carbocycles. The van der Waals surface area contributed by atoms with Crippen LogP contribution in [0.25, 0.3) is 11.0 Å². The first-order valence-electron chi connectivity index (χ1n) is 9.34.